The SMILES string of the molecule is CC/C(=N\C#N)N1CCC[C@@H](c2nc(-c3ccc(C(=O)Nc4cc(C(F)(F)F)ccn4)cc3)c3c(N)nccn23)C1. The summed E-state index contributed by atoms with van der Waals surface area (Å²) in [7, 11) is 0. The molecule has 210 valence electrons. The van der Waals surface area contributed by atoms with Gasteiger partial charge in [0.25, 0.3) is 5.91 Å². The Balaban J connectivity index is 1.43. The Labute approximate surface area is 233 Å². The van der Waals surface area contributed by atoms with Gasteiger partial charge in [-0.15, -0.1) is 0 Å². The van der Waals surface area contributed by atoms with Crippen molar-refractivity contribution in [1.29, 1.82) is 5.26 Å². The fraction of sp³-hybridized carbons (Fsp3) is 0.286. The van der Waals surface area contributed by atoms with E-state index in [0.29, 0.717) is 35.6 Å². The van der Waals surface area contributed by atoms with Gasteiger partial charge in [-0.05, 0) is 37.1 Å². The number of nitrogens with zero attached hydrogens (tertiary/aromatic N) is 7. The first-order valence-electron chi connectivity index (χ1n) is 13.0. The molecule has 1 fully saturated rings. The molecule has 1 amide bonds. The van der Waals surface area contributed by atoms with E-state index in [9.17, 15) is 18.0 Å². The number of hydrogen-bond donors (Lipinski definition) is 2. The second-order valence-corrected chi connectivity index (χ2v) is 9.58. The van der Waals surface area contributed by atoms with Crippen molar-refractivity contribution in [2.75, 3.05) is 24.1 Å². The molecule has 3 aromatic heterocycles. The Morgan fingerprint density at radius 3 is 2.71 bits per heavy atom. The number of carbonyl (C=O) groups excluding carboxylic acids is 1. The van der Waals surface area contributed by atoms with E-state index in [2.05, 4.69) is 25.2 Å². The van der Waals surface area contributed by atoms with Crippen molar-refractivity contribution in [3.63, 3.8) is 0 Å². The zero-order valence-corrected chi connectivity index (χ0v) is 22.1. The summed E-state index contributed by atoms with van der Waals surface area (Å²) in [6.45, 7) is 3.43. The molecule has 1 aliphatic rings. The number of amides is 1. The Bertz CT molecular complexity index is 1660. The van der Waals surface area contributed by atoms with Crippen LogP contribution in [0.5, 0.6) is 0 Å². The molecule has 0 aliphatic carbocycles. The number of aliphatic imine (C=N–C) groups is 1. The van der Waals surface area contributed by atoms with Gasteiger partial charge in [0, 0.05) is 55.1 Å². The zero-order valence-electron chi connectivity index (χ0n) is 22.1. The summed E-state index contributed by atoms with van der Waals surface area (Å²) in [5, 5.41) is 11.5. The molecular weight excluding hydrogens is 535 g/mol. The first-order chi connectivity index (χ1) is 19.7. The number of aromatic nitrogens is 4. The molecule has 3 N–H and O–H groups in total. The average molecular weight is 562 g/mol. The molecule has 0 bridgehead atoms. The smallest absolute Gasteiger partial charge is 0.382 e. The summed E-state index contributed by atoms with van der Waals surface area (Å²) in [5.41, 5.74) is 7.53. The van der Waals surface area contributed by atoms with Gasteiger partial charge in [0.15, 0.2) is 0 Å². The van der Waals surface area contributed by atoms with Gasteiger partial charge in [-0.3, -0.25) is 9.20 Å². The van der Waals surface area contributed by atoms with Crippen molar-refractivity contribution >= 4 is 28.9 Å². The maximum atomic E-state index is 13.0. The van der Waals surface area contributed by atoms with Crippen molar-refractivity contribution < 1.29 is 18.0 Å². The number of imidazole rings is 1. The number of nitrogen functional groups attached to an aromatic ring is 1. The number of piperidine rings is 1. The summed E-state index contributed by atoms with van der Waals surface area (Å²) in [6, 6.07) is 8.14. The summed E-state index contributed by atoms with van der Waals surface area (Å²) in [5.74, 6) is 1.09. The molecule has 0 spiro atoms. The van der Waals surface area contributed by atoms with E-state index in [-0.39, 0.29) is 17.3 Å². The molecule has 1 aromatic carbocycles. The van der Waals surface area contributed by atoms with Crippen LogP contribution in [-0.2, 0) is 6.18 Å². The largest absolute Gasteiger partial charge is 0.416 e. The Morgan fingerprint density at radius 2 is 2.00 bits per heavy atom. The van der Waals surface area contributed by atoms with E-state index in [1.54, 1.807) is 30.5 Å². The number of anilines is 2. The number of carbonyl (C=O) groups is 1. The van der Waals surface area contributed by atoms with Gasteiger partial charge < -0.3 is 16.0 Å². The highest BCUT2D eigenvalue weighted by Gasteiger charge is 2.31. The molecule has 5 rings (SSSR count). The molecule has 0 saturated carbocycles. The number of nitrogens with two attached hydrogens (primary N) is 1. The molecule has 1 atom stereocenters. The molecule has 4 aromatic rings. The summed E-state index contributed by atoms with van der Waals surface area (Å²) in [4.78, 5) is 31.9. The number of alkyl halides is 3. The number of halogens is 3. The van der Waals surface area contributed by atoms with Crippen LogP contribution in [0.2, 0.25) is 0 Å². The summed E-state index contributed by atoms with van der Waals surface area (Å²) in [6.07, 6.45) is 4.20. The number of nitriles is 1. The molecule has 41 heavy (non-hydrogen) atoms. The molecule has 0 radical (unpaired) electrons. The Hall–Kier alpha value is -4.99. The number of nitrogens with one attached hydrogen (secondary N) is 1. The first kappa shape index (κ1) is 27.6. The lowest BCUT2D eigenvalue weighted by Crippen LogP contribution is -2.39. The fourth-order valence-electron chi connectivity index (χ4n) is 5.07. The highest BCUT2D eigenvalue weighted by Crippen LogP contribution is 2.34. The second kappa shape index (κ2) is 11.2. The van der Waals surface area contributed by atoms with E-state index in [4.69, 9.17) is 16.0 Å². The predicted molar refractivity (Wildman–Crippen MR) is 147 cm³/mol. The van der Waals surface area contributed by atoms with E-state index in [1.165, 1.54) is 0 Å². The number of hydrogen-bond acceptors (Lipinski definition) is 7. The van der Waals surface area contributed by atoms with Gasteiger partial charge in [0.1, 0.15) is 34.5 Å². The quantitative estimate of drug-likeness (QED) is 0.196. The van der Waals surface area contributed by atoms with Crippen LogP contribution in [0, 0.1) is 11.5 Å². The van der Waals surface area contributed by atoms with Crippen molar-refractivity contribution in [3.8, 4) is 17.5 Å². The van der Waals surface area contributed by atoms with Crippen LogP contribution >= 0.6 is 0 Å². The zero-order chi connectivity index (χ0) is 29.1. The van der Waals surface area contributed by atoms with Crippen molar-refractivity contribution in [2.45, 2.75) is 38.3 Å². The van der Waals surface area contributed by atoms with Crippen LogP contribution in [0.15, 0.2) is 60.0 Å². The van der Waals surface area contributed by atoms with E-state index < -0.39 is 17.6 Å². The minimum atomic E-state index is -4.55. The average Bonchev–Trinajstić information content (AvgIpc) is 3.37. The van der Waals surface area contributed by atoms with Crippen LogP contribution in [-0.4, -0.2) is 49.1 Å². The number of rotatable bonds is 5. The topological polar surface area (TPSA) is 138 Å². The predicted octanol–water partition coefficient (Wildman–Crippen LogP) is 5.11. The monoisotopic (exact) mass is 561 g/mol. The van der Waals surface area contributed by atoms with Crippen molar-refractivity contribution in [2.24, 2.45) is 4.99 Å². The number of pyridine rings is 1. The van der Waals surface area contributed by atoms with Gasteiger partial charge in [0.2, 0.25) is 6.19 Å². The number of fused-ring (bicyclic) bond motifs is 1. The van der Waals surface area contributed by atoms with Gasteiger partial charge >= 0.3 is 6.18 Å². The Morgan fingerprint density at radius 1 is 1.22 bits per heavy atom. The van der Waals surface area contributed by atoms with E-state index in [1.807, 2.05) is 23.7 Å². The fourth-order valence-corrected chi connectivity index (χ4v) is 5.07. The molecule has 1 saturated heterocycles. The highest BCUT2D eigenvalue weighted by molar-refractivity contribution is 6.04. The number of amidine groups is 1. The lowest BCUT2D eigenvalue weighted by Gasteiger charge is -2.33. The molecule has 13 heteroatoms. The summed E-state index contributed by atoms with van der Waals surface area (Å²) >= 11 is 0. The Kier molecular flexibility index (Phi) is 7.56. The molecule has 10 nitrogen and oxygen atoms in total. The molecule has 0 unspecified atom stereocenters. The number of benzene rings is 1. The lowest BCUT2D eigenvalue weighted by atomic mass is 9.97. The van der Waals surface area contributed by atoms with Crippen molar-refractivity contribution in [3.05, 3.63) is 71.9 Å². The minimum Gasteiger partial charge on any atom is -0.382 e. The highest BCUT2D eigenvalue weighted by atomic mass is 19.4. The third-order valence-corrected chi connectivity index (χ3v) is 7.01. The molecule has 4 heterocycles. The van der Waals surface area contributed by atoms with Crippen LogP contribution in [0.4, 0.5) is 24.8 Å². The third kappa shape index (κ3) is 5.67. The van der Waals surface area contributed by atoms with Gasteiger partial charge in [-0.1, -0.05) is 19.1 Å². The van der Waals surface area contributed by atoms with Gasteiger partial charge in [-0.25, -0.2) is 15.0 Å². The minimum absolute atomic E-state index is 0.0484. The summed E-state index contributed by atoms with van der Waals surface area (Å²) < 4.78 is 41.0. The molecular formula is C28H26F3N9O. The standard InChI is InChI=1S/C28H26F3N9O/c1-2-22(36-16-32)39-12-3-4-19(15-39)26-38-23(24-25(33)35-11-13-40(24)26)17-5-7-18(8-6-17)27(41)37-21-14-20(9-10-34-21)28(29,30)31/h5-11,13-14,19H,2-4,12,15H2,1H3,(H2,33,35)(H,34,37,41)/b36-22+/t19-/m1/s1. The first-order valence-corrected chi connectivity index (χ1v) is 13.0. The normalized spacial score (nSPS) is 16.0. The van der Waals surface area contributed by atoms with Crippen LogP contribution in [0.3, 0.4) is 0 Å². The van der Waals surface area contributed by atoms with Gasteiger partial charge in [-0.2, -0.15) is 23.4 Å². The van der Waals surface area contributed by atoms with Crippen LogP contribution < -0.4 is 11.1 Å². The lowest BCUT2D eigenvalue weighted by molar-refractivity contribution is -0.137. The van der Waals surface area contributed by atoms with E-state index >= 15 is 0 Å². The molecule has 1 aliphatic heterocycles. The van der Waals surface area contributed by atoms with E-state index in [0.717, 1.165) is 49.4 Å². The maximum Gasteiger partial charge on any atom is 0.416 e. The van der Waals surface area contributed by atoms with Crippen molar-refractivity contribution in [1.82, 2.24) is 24.3 Å². The third-order valence-electron chi connectivity index (χ3n) is 7.01. The second-order valence-electron chi connectivity index (χ2n) is 9.58. The van der Waals surface area contributed by atoms with Crippen LogP contribution in [0.25, 0.3) is 16.8 Å². The van der Waals surface area contributed by atoms with Crippen LogP contribution in [0.1, 0.15) is 53.8 Å². The number of likely N-dealkylation sites (tertiary alicyclic amines) is 1. The van der Waals surface area contributed by atoms with Gasteiger partial charge in [0.05, 0.1) is 5.56 Å². The maximum absolute atomic E-state index is 13.0.